The summed E-state index contributed by atoms with van der Waals surface area (Å²) < 4.78 is 13.3. The van der Waals surface area contributed by atoms with Crippen LogP contribution in [0.1, 0.15) is 29.7 Å². The molecular formula is C16H18FN3O2. The van der Waals surface area contributed by atoms with Crippen molar-refractivity contribution in [1.29, 1.82) is 0 Å². The summed E-state index contributed by atoms with van der Waals surface area (Å²) in [6.45, 7) is 4.08. The minimum atomic E-state index is -0.469. The van der Waals surface area contributed by atoms with Gasteiger partial charge in [0.25, 0.3) is 5.56 Å². The van der Waals surface area contributed by atoms with Crippen molar-refractivity contribution in [3.05, 3.63) is 67.7 Å². The zero-order valence-corrected chi connectivity index (χ0v) is 12.4. The molecule has 0 spiro atoms. The van der Waals surface area contributed by atoms with E-state index in [-0.39, 0.29) is 17.3 Å². The highest BCUT2D eigenvalue weighted by atomic mass is 19.1. The summed E-state index contributed by atoms with van der Waals surface area (Å²) in [5, 5.41) is 0. The van der Waals surface area contributed by atoms with Crippen LogP contribution in [0, 0.1) is 5.82 Å². The first-order valence-electron chi connectivity index (χ1n) is 7.35. The first-order valence-corrected chi connectivity index (χ1v) is 7.35. The topological polar surface area (TPSA) is 69.0 Å². The molecule has 0 bridgehead atoms. The van der Waals surface area contributed by atoms with Gasteiger partial charge >= 0.3 is 5.69 Å². The number of H-pyrrole nitrogens is 2. The molecule has 2 aromatic rings. The summed E-state index contributed by atoms with van der Waals surface area (Å²) in [5.74, 6) is -0.0600. The van der Waals surface area contributed by atoms with Crippen LogP contribution in [0.5, 0.6) is 0 Å². The third-order valence-corrected chi connectivity index (χ3v) is 4.14. The van der Waals surface area contributed by atoms with E-state index in [0.29, 0.717) is 24.2 Å². The van der Waals surface area contributed by atoms with Gasteiger partial charge in [-0.2, -0.15) is 0 Å². The van der Waals surface area contributed by atoms with Crippen LogP contribution in [0.25, 0.3) is 0 Å². The van der Waals surface area contributed by atoms with E-state index in [2.05, 4.69) is 14.9 Å². The van der Waals surface area contributed by atoms with Gasteiger partial charge in [-0.05, 0) is 30.0 Å². The van der Waals surface area contributed by atoms with E-state index in [9.17, 15) is 14.0 Å². The third-order valence-electron chi connectivity index (χ3n) is 4.14. The van der Waals surface area contributed by atoms with Gasteiger partial charge < -0.3 is 4.98 Å². The second-order valence-corrected chi connectivity index (χ2v) is 5.81. The predicted octanol–water partition coefficient (Wildman–Crippen LogP) is 1.36. The predicted molar refractivity (Wildman–Crippen MR) is 81.5 cm³/mol. The summed E-state index contributed by atoms with van der Waals surface area (Å²) in [6.07, 6.45) is 0.608. The maximum atomic E-state index is 13.3. The summed E-state index contributed by atoms with van der Waals surface area (Å²) >= 11 is 0. The molecule has 3 rings (SSSR count). The normalized spacial score (nSPS) is 16.3. The first-order chi connectivity index (χ1) is 10.5. The number of hydrogen-bond donors (Lipinski definition) is 2. The van der Waals surface area contributed by atoms with Crippen LogP contribution in [0.4, 0.5) is 4.39 Å². The highest BCUT2D eigenvalue weighted by Gasteiger charge is 2.21. The number of fused-ring (bicyclic) bond motifs is 1. The van der Waals surface area contributed by atoms with Crippen molar-refractivity contribution in [2.24, 2.45) is 0 Å². The van der Waals surface area contributed by atoms with Crippen molar-refractivity contribution in [1.82, 2.24) is 14.9 Å². The molecule has 1 aliphatic heterocycles. The SMILES string of the molecule is CC(CN1CCc2c([nH]c(=O)[nH]c2=O)C1)c1cccc(F)c1. The minimum absolute atomic E-state index is 0.172. The lowest BCUT2D eigenvalue weighted by Gasteiger charge is -2.30. The van der Waals surface area contributed by atoms with Crippen LogP contribution in [0.15, 0.2) is 33.9 Å². The van der Waals surface area contributed by atoms with Gasteiger partial charge in [0.2, 0.25) is 0 Å². The van der Waals surface area contributed by atoms with E-state index in [1.165, 1.54) is 6.07 Å². The second-order valence-electron chi connectivity index (χ2n) is 5.81. The summed E-state index contributed by atoms with van der Waals surface area (Å²) in [4.78, 5) is 30.3. The highest BCUT2D eigenvalue weighted by molar-refractivity contribution is 5.22. The molecule has 0 amide bonds. The number of nitrogens with one attached hydrogen (secondary N) is 2. The maximum absolute atomic E-state index is 13.3. The van der Waals surface area contributed by atoms with Crippen molar-refractivity contribution in [3.8, 4) is 0 Å². The molecule has 22 heavy (non-hydrogen) atoms. The highest BCUT2D eigenvalue weighted by Crippen LogP contribution is 2.20. The largest absolute Gasteiger partial charge is 0.325 e. The Kier molecular flexibility index (Phi) is 3.94. The van der Waals surface area contributed by atoms with Crippen molar-refractivity contribution < 1.29 is 4.39 Å². The van der Waals surface area contributed by atoms with Crippen LogP contribution >= 0.6 is 0 Å². The molecule has 5 nitrogen and oxygen atoms in total. The van der Waals surface area contributed by atoms with E-state index in [4.69, 9.17) is 0 Å². The average molecular weight is 303 g/mol. The summed E-state index contributed by atoms with van der Waals surface area (Å²) in [6, 6.07) is 6.61. The number of halogens is 1. The number of aromatic amines is 2. The van der Waals surface area contributed by atoms with Crippen LogP contribution in [0.2, 0.25) is 0 Å². The Bertz CT molecular complexity index is 796. The van der Waals surface area contributed by atoms with Crippen LogP contribution < -0.4 is 11.2 Å². The molecule has 1 unspecified atom stereocenters. The van der Waals surface area contributed by atoms with Gasteiger partial charge in [-0.1, -0.05) is 19.1 Å². The van der Waals surface area contributed by atoms with E-state index in [1.54, 1.807) is 12.1 Å². The van der Waals surface area contributed by atoms with E-state index in [0.717, 1.165) is 18.7 Å². The number of nitrogens with zero attached hydrogens (tertiary/aromatic N) is 1. The van der Waals surface area contributed by atoms with E-state index in [1.807, 2.05) is 13.0 Å². The Morgan fingerprint density at radius 1 is 1.32 bits per heavy atom. The molecule has 1 atom stereocenters. The summed E-state index contributed by atoms with van der Waals surface area (Å²) in [5.41, 5.74) is 1.53. The standard InChI is InChI=1S/C16H18FN3O2/c1-10(11-3-2-4-12(17)7-11)8-20-6-5-13-14(9-20)18-16(22)19-15(13)21/h2-4,7,10H,5-6,8-9H2,1H3,(H2,18,19,21,22). The Morgan fingerprint density at radius 3 is 2.91 bits per heavy atom. The second kappa shape index (κ2) is 5.88. The Labute approximate surface area is 126 Å². The van der Waals surface area contributed by atoms with Gasteiger partial charge in [-0.25, -0.2) is 9.18 Å². The van der Waals surface area contributed by atoms with Gasteiger partial charge in [0.05, 0.1) is 0 Å². The molecule has 0 fully saturated rings. The molecule has 1 aromatic carbocycles. The molecule has 6 heteroatoms. The van der Waals surface area contributed by atoms with Crippen molar-refractivity contribution in [3.63, 3.8) is 0 Å². The molecule has 116 valence electrons. The first kappa shape index (κ1) is 14.7. The lowest BCUT2D eigenvalue weighted by Crippen LogP contribution is -2.39. The lowest BCUT2D eigenvalue weighted by molar-refractivity contribution is 0.236. The molecule has 0 saturated heterocycles. The zero-order chi connectivity index (χ0) is 15.7. The molecular weight excluding hydrogens is 285 g/mol. The number of benzene rings is 1. The fraction of sp³-hybridized carbons (Fsp3) is 0.375. The lowest BCUT2D eigenvalue weighted by atomic mass is 9.98. The van der Waals surface area contributed by atoms with Crippen LogP contribution in [0.3, 0.4) is 0 Å². The van der Waals surface area contributed by atoms with E-state index < -0.39 is 5.69 Å². The molecule has 2 N–H and O–H groups in total. The van der Waals surface area contributed by atoms with Crippen LogP contribution in [-0.4, -0.2) is 28.0 Å². The maximum Gasteiger partial charge on any atom is 0.325 e. The number of rotatable bonds is 3. The Morgan fingerprint density at radius 2 is 2.14 bits per heavy atom. The number of aromatic nitrogens is 2. The van der Waals surface area contributed by atoms with Gasteiger partial charge in [-0.3, -0.25) is 14.7 Å². The average Bonchev–Trinajstić information content (AvgIpc) is 2.46. The Hall–Kier alpha value is -2.21. The monoisotopic (exact) mass is 303 g/mol. The smallest absolute Gasteiger partial charge is 0.310 e. The van der Waals surface area contributed by atoms with Crippen LogP contribution in [-0.2, 0) is 13.0 Å². The quantitative estimate of drug-likeness (QED) is 0.899. The fourth-order valence-electron chi connectivity index (χ4n) is 2.99. The van der Waals surface area contributed by atoms with Gasteiger partial charge in [-0.15, -0.1) is 0 Å². The molecule has 0 saturated carbocycles. The van der Waals surface area contributed by atoms with Crippen molar-refractivity contribution >= 4 is 0 Å². The molecule has 1 aromatic heterocycles. The number of hydrogen-bond acceptors (Lipinski definition) is 3. The molecule has 2 heterocycles. The van der Waals surface area contributed by atoms with Gasteiger partial charge in [0.1, 0.15) is 5.82 Å². The minimum Gasteiger partial charge on any atom is -0.310 e. The fourth-order valence-corrected chi connectivity index (χ4v) is 2.99. The van der Waals surface area contributed by atoms with E-state index >= 15 is 0 Å². The molecule has 0 radical (unpaired) electrons. The third kappa shape index (κ3) is 3.01. The molecule has 0 aliphatic carbocycles. The van der Waals surface area contributed by atoms with Gasteiger partial charge in [0.15, 0.2) is 0 Å². The molecule has 1 aliphatic rings. The zero-order valence-electron chi connectivity index (χ0n) is 12.4. The summed E-state index contributed by atoms with van der Waals surface area (Å²) in [7, 11) is 0. The Balaban J connectivity index is 1.75. The van der Waals surface area contributed by atoms with Crippen molar-refractivity contribution in [2.45, 2.75) is 25.8 Å². The van der Waals surface area contributed by atoms with Gasteiger partial charge in [0, 0.05) is 30.9 Å². The van der Waals surface area contributed by atoms with Crippen molar-refractivity contribution in [2.75, 3.05) is 13.1 Å².